The Morgan fingerprint density at radius 1 is 1.32 bits per heavy atom. The van der Waals surface area contributed by atoms with Gasteiger partial charge in [0.2, 0.25) is 0 Å². The predicted octanol–water partition coefficient (Wildman–Crippen LogP) is 3.83. The molecule has 1 aliphatic carbocycles. The van der Waals surface area contributed by atoms with Crippen LogP contribution >= 0.6 is 11.8 Å². The molecule has 0 amide bonds. The molecular formula is C15H20O3S. The van der Waals surface area contributed by atoms with Gasteiger partial charge in [-0.25, -0.2) is 4.79 Å². The summed E-state index contributed by atoms with van der Waals surface area (Å²) >= 11 is 1.99. The summed E-state index contributed by atoms with van der Waals surface area (Å²) in [4.78, 5) is 10.8. The van der Waals surface area contributed by atoms with Crippen LogP contribution in [0.5, 0.6) is 5.75 Å². The van der Waals surface area contributed by atoms with Gasteiger partial charge in [-0.1, -0.05) is 25.3 Å². The highest BCUT2D eigenvalue weighted by molar-refractivity contribution is 7.99. The van der Waals surface area contributed by atoms with E-state index in [1.807, 2.05) is 11.8 Å². The van der Waals surface area contributed by atoms with Crippen LogP contribution in [0.4, 0.5) is 0 Å². The van der Waals surface area contributed by atoms with E-state index in [4.69, 9.17) is 9.84 Å². The molecule has 19 heavy (non-hydrogen) atoms. The van der Waals surface area contributed by atoms with Crippen LogP contribution in [0.3, 0.4) is 0 Å². The fourth-order valence-electron chi connectivity index (χ4n) is 2.33. The lowest BCUT2D eigenvalue weighted by molar-refractivity contribution is 0.0696. The van der Waals surface area contributed by atoms with Crippen LogP contribution in [0.25, 0.3) is 0 Å². The lowest BCUT2D eigenvalue weighted by Crippen LogP contribution is -2.11. The molecule has 1 saturated carbocycles. The van der Waals surface area contributed by atoms with Gasteiger partial charge in [-0.3, -0.25) is 0 Å². The molecule has 0 spiro atoms. The second-order valence-corrected chi connectivity index (χ2v) is 6.22. The van der Waals surface area contributed by atoms with Gasteiger partial charge in [-0.05, 0) is 31.0 Å². The molecule has 0 heterocycles. The normalized spacial score (nSPS) is 16.2. The topological polar surface area (TPSA) is 46.5 Å². The Morgan fingerprint density at radius 3 is 2.84 bits per heavy atom. The Balaban J connectivity index is 1.70. The molecule has 0 unspecified atom stereocenters. The summed E-state index contributed by atoms with van der Waals surface area (Å²) in [6.45, 7) is 0.643. The molecule has 1 aromatic rings. The zero-order valence-corrected chi connectivity index (χ0v) is 11.8. The Labute approximate surface area is 118 Å². The van der Waals surface area contributed by atoms with Gasteiger partial charge < -0.3 is 9.84 Å². The maximum Gasteiger partial charge on any atom is 0.335 e. The molecule has 2 rings (SSSR count). The standard InChI is InChI=1S/C15H20O3S/c16-15(17)12-5-4-6-13(11-12)18-9-10-19-14-7-2-1-3-8-14/h4-6,11,14H,1-3,7-10H2,(H,16,17). The van der Waals surface area contributed by atoms with Crippen molar-refractivity contribution in [2.75, 3.05) is 12.4 Å². The first-order chi connectivity index (χ1) is 9.25. The molecule has 1 fully saturated rings. The van der Waals surface area contributed by atoms with E-state index < -0.39 is 5.97 Å². The fourth-order valence-corrected chi connectivity index (χ4v) is 3.50. The van der Waals surface area contributed by atoms with Crippen LogP contribution in [0.15, 0.2) is 24.3 Å². The lowest BCUT2D eigenvalue weighted by Gasteiger charge is -2.20. The number of thioether (sulfide) groups is 1. The molecule has 1 aromatic carbocycles. The zero-order chi connectivity index (χ0) is 13.5. The van der Waals surface area contributed by atoms with Crippen LogP contribution in [0.2, 0.25) is 0 Å². The lowest BCUT2D eigenvalue weighted by atomic mass is 10.0. The molecule has 104 valence electrons. The second-order valence-electron chi connectivity index (χ2n) is 4.81. The average Bonchev–Trinajstić information content (AvgIpc) is 2.45. The molecule has 1 aliphatic rings. The van der Waals surface area contributed by atoms with E-state index in [0.29, 0.717) is 12.4 Å². The zero-order valence-electron chi connectivity index (χ0n) is 11.0. The number of ether oxygens (including phenoxy) is 1. The molecule has 0 radical (unpaired) electrons. The average molecular weight is 280 g/mol. The maximum absolute atomic E-state index is 10.8. The van der Waals surface area contributed by atoms with Crippen LogP contribution in [0, 0.1) is 0 Å². The van der Waals surface area contributed by atoms with Gasteiger partial charge in [-0.2, -0.15) is 11.8 Å². The van der Waals surface area contributed by atoms with E-state index >= 15 is 0 Å². The van der Waals surface area contributed by atoms with E-state index in [9.17, 15) is 4.79 Å². The molecular weight excluding hydrogens is 260 g/mol. The smallest absolute Gasteiger partial charge is 0.335 e. The van der Waals surface area contributed by atoms with Crippen LogP contribution in [0.1, 0.15) is 42.5 Å². The summed E-state index contributed by atoms with van der Waals surface area (Å²) in [7, 11) is 0. The van der Waals surface area contributed by atoms with Crippen LogP contribution < -0.4 is 4.74 Å². The van der Waals surface area contributed by atoms with E-state index in [2.05, 4.69) is 0 Å². The van der Waals surface area contributed by atoms with E-state index in [1.54, 1.807) is 24.3 Å². The third-order valence-electron chi connectivity index (χ3n) is 3.34. The first kappa shape index (κ1) is 14.3. The molecule has 0 bridgehead atoms. The number of carbonyl (C=O) groups is 1. The third kappa shape index (κ3) is 4.78. The van der Waals surface area contributed by atoms with Crippen molar-refractivity contribution in [3.05, 3.63) is 29.8 Å². The van der Waals surface area contributed by atoms with E-state index in [-0.39, 0.29) is 5.56 Å². The quantitative estimate of drug-likeness (QED) is 0.804. The van der Waals surface area contributed by atoms with Gasteiger partial charge in [0.05, 0.1) is 12.2 Å². The van der Waals surface area contributed by atoms with Gasteiger partial charge in [-0.15, -0.1) is 0 Å². The molecule has 0 saturated heterocycles. The number of hydrogen-bond acceptors (Lipinski definition) is 3. The number of aromatic carboxylic acids is 1. The fraction of sp³-hybridized carbons (Fsp3) is 0.533. The van der Waals surface area contributed by atoms with Crippen molar-refractivity contribution >= 4 is 17.7 Å². The van der Waals surface area contributed by atoms with Gasteiger partial charge in [0.25, 0.3) is 0 Å². The maximum atomic E-state index is 10.8. The Morgan fingerprint density at radius 2 is 2.11 bits per heavy atom. The number of benzene rings is 1. The van der Waals surface area contributed by atoms with Gasteiger partial charge >= 0.3 is 5.97 Å². The van der Waals surface area contributed by atoms with Crippen molar-refractivity contribution in [3.8, 4) is 5.75 Å². The minimum atomic E-state index is -0.915. The first-order valence-electron chi connectivity index (χ1n) is 6.83. The van der Waals surface area contributed by atoms with Crippen molar-refractivity contribution in [3.63, 3.8) is 0 Å². The Kier molecular flexibility index (Phi) is 5.58. The number of hydrogen-bond donors (Lipinski definition) is 1. The number of rotatable bonds is 6. The Bertz CT molecular complexity index is 414. The molecule has 0 aromatic heterocycles. The minimum absolute atomic E-state index is 0.275. The largest absolute Gasteiger partial charge is 0.493 e. The molecule has 3 nitrogen and oxygen atoms in total. The van der Waals surface area contributed by atoms with Crippen molar-refractivity contribution in [2.45, 2.75) is 37.4 Å². The summed E-state index contributed by atoms with van der Waals surface area (Å²) in [5.41, 5.74) is 0.275. The minimum Gasteiger partial charge on any atom is -0.493 e. The number of carboxylic acids is 1. The van der Waals surface area contributed by atoms with E-state index in [0.717, 1.165) is 11.0 Å². The molecule has 0 atom stereocenters. The van der Waals surface area contributed by atoms with Crippen LogP contribution in [-0.4, -0.2) is 28.7 Å². The van der Waals surface area contributed by atoms with Crippen LogP contribution in [-0.2, 0) is 0 Å². The SMILES string of the molecule is O=C(O)c1cccc(OCCSC2CCCCC2)c1. The molecule has 0 aliphatic heterocycles. The Hall–Kier alpha value is -1.16. The summed E-state index contributed by atoms with van der Waals surface area (Å²) in [5.74, 6) is 0.702. The molecule has 4 heteroatoms. The van der Waals surface area contributed by atoms with Gasteiger partial charge in [0, 0.05) is 11.0 Å². The highest BCUT2D eigenvalue weighted by Gasteiger charge is 2.13. The summed E-state index contributed by atoms with van der Waals surface area (Å²) in [6, 6.07) is 6.67. The van der Waals surface area contributed by atoms with Gasteiger partial charge in [0.1, 0.15) is 5.75 Å². The van der Waals surface area contributed by atoms with Crippen molar-refractivity contribution in [1.29, 1.82) is 0 Å². The summed E-state index contributed by atoms with van der Waals surface area (Å²) in [5, 5.41) is 9.69. The first-order valence-corrected chi connectivity index (χ1v) is 7.88. The second kappa shape index (κ2) is 7.43. The molecule has 1 N–H and O–H groups in total. The summed E-state index contributed by atoms with van der Waals surface area (Å²) in [6.07, 6.45) is 6.77. The predicted molar refractivity (Wildman–Crippen MR) is 78.2 cm³/mol. The number of carboxylic acid groups (broad SMARTS) is 1. The van der Waals surface area contributed by atoms with E-state index in [1.165, 1.54) is 32.1 Å². The van der Waals surface area contributed by atoms with Crippen molar-refractivity contribution in [1.82, 2.24) is 0 Å². The summed E-state index contributed by atoms with van der Waals surface area (Å²) < 4.78 is 5.60. The van der Waals surface area contributed by atoms with Crippen molar-refractivity contribution < 1.29 is 14.6 Å². The van der Waals surface area contributed by atoms with Gasteiger partial charge in [0.15, 0.2) is 0 Å². The third-order valence-corrected chi connectivity index (χ3v) is 4.68. The monoisotopic (exact) mass is 280 g/mol. The highest BCUT2D eigenvalue weighted by atomic mass is 32.2. The highest BCUT2D eigenvalue weighted by Crippen LogP contribution is 2.28. The van der Waals surface area contributed by atoms with Crippen molar-refractivity contribution in [2.24, 2.45) is 0 Å².